The van der Waals surface area contributed by atoms with Gasteiger partial charge in [-0.1, -0.05) is 11.8 Å². The summed E-state index contributed by atoms with van der Waals surface area (Å²) in [4.78, 5) is 10.8. The molecule has 0 saturated heterocycles. The number of carboxylic acids is 1. The summed E-state index contributed by atoms with van der Waals surface area (Å²) in [5.74, 6) is 0.578. The fourth-order valence-electron chi connectivity index (χ4n) is 2.19. The summed E-state index contributed by atoms with van der Waals surface area (Å²) < 4.78 is 3.87. The lowest BCUT2D eigenvalue weighted by Crippen LogP contribution is -2.08. The SMILES string of the molecule is Cc1c(Cn2c(SCC(=O)O)nnc2C2CC2)cnn1C. The van der Waals surface area contributed by atoms with Crippen molar-refractivity contribution in [2.75, 3.05) is 5.75 Å². The number of carboxylic acid groups (broad SMARTS) is 1. The molecule has 8 heteroatoms. The summed E-state index contributed by atoms with van der Waals surface area (Å²) in [6, 6.07) is 0. The van der Waals surface area contributed by atoms with E-state index in [4.69, 9.17) is 5.11 Å². The number of aryl methyl sites for hydroxylation is 1. The predicted octanol–water partition coefficient (Wildman–Crippen LogP) is 1.42. The van der Waals surface area contributed by atoms with E-state index in [0.29, 0.717) is 17.6 Å². The minimum atomic E-state index is -0.847. The molecule has 3 rings (SSSR count). The third kappa shape index (κ3) is 2.94. The van der Waals surface area contributed by atoms with Crippen molar-refractivity contribution in [1.82, 2.24) is 24.5 Å². The Morgan fingerprint density at radius 3 is 2.81 bits per heavy atom. The largest absolute Gasteiger partial charge is 0.481 e. The van der Waals surface area contributed by atoms with Crippen molar-refractivity contribution in [3.8, 4) is 0 Å². The molecule has 2 heterocycles. The van der Waals surface area contributed by atoms with Crippen LogP contribution in [0.15, 0.2) is 11.4 Å². The minimum absolute atomic E-state index is 0.00514. The first-order valence-electron chi connectivity index (χ1n) is 6.81. The summed E-state index contributed by atoms with van der Waals surface area (Å²) in [7, 11) is 1.91. The van der Waals surface area contributed by atoms with Gasteiger partial charge < -0.3 is 9.67 Å². The molecule has 0 aromatic carbocycles. The van der Waals surface area contributed by atoms with Crippen LogP contribution < -0.4 is 0 Å². The van der Waals surface area contributed by atoms with E-state index in [1.807, 2.05) is 29.4 Å². The van der Waals surface area contributed by atoms with Crippen molar-refractivity contribution in [3.05, 3.63) is 23.3 Å². The summed E-state index contributed by atoms with van der Waals surface area (Å²) >= 11 is 1.22. The van der Waals surface area contributed by atoms with Crippen molar-refractivity contribution < 1.29 is 9.90 Å². The smallest absolute Gasteiger partial charge is 0.313 e. The van der Waals surface area contributed by atoms with E-state index in [9.17, 15) is 4.79 Å². The van der Waals surface area contributed by atoms with E-state index < -0.39 is 5.97 Å². The second kappa shape index (κ2) is 5.51. The van der Waals surface area contributed by atoms with Gasteiger partial charge in [0.05, 0.1) is 18.5 Å². The van der Waals surface area contributed by atoms with Gasteiger partial charge in [0, 0.05) is 24.2 Å². The van der Waals surface area contributed by atoms with Crippen molar-refractivity contribution >= 4 is 17.7 Å². The van der Waals surface area contributed by atoms with Crippen LogP contribution >= 0.6 is 11.8 Å². The van der Waals surface area contributed by atoms with Crippen LogP contribution in [0.5, 0.6) is 0 Å². The Bertz CT molecular complexity index is 674. The van der Waals surface area contributed by atoms with Crippen LogP contribution in [0.1, 0.15) is 35.8 Å². The Labute approximate surface area is 126 Å². The van der Waals surface area contributed by atoms with Crippen LogP contribution in [0, 0.1) is 6.92 Å². The third-order valence-corrected chi connectivity index (χ3v) is 4.63. The molecule has 2 aromatic rings. The van der Waals surface area contributed by atoms with Crippen LogP contribution in [-0.4, -0.2) is 41.4 Å². The Kier molecular flexibility index (Phi) is 3.71. The molecule has 0 aliphatic heterocycles. The summed E-state index contributed by atoms with van der Waals surface area (Å²) in [6.45, 7) is 2.66. The molecule has 1 aliphatic rings. The number of aromatic nitrogens is 5. The number of hydrogen-bond donors (Lipinski definition) is 1. The maximum Gasteiger partial charge on any atom is 0.313 e. The average Bonchev–Trinajstić information content (AvgIpc) is 3.15. The van der Waals surface area contributed by atoms with Crippen LogP contribution in [0.4, 0.5) is 0 Å². The van der Waals surface area contributed by atoms with Crippen molar-refractivity contribution in [1.29, 1.82) is 0 Å². The lowest BCUT2D eigenvalue weighted by atomic mass is 10.2. The van der Waals surface area contributed by atoms with Crippen LogP contribution in [0.2, 0.25) is 0 Å². The van der Waals surface area contributed by atoms with Gasteiger partial charge in [-0.3, -0.25) is 9.48 Å². The van der Waals surface area contributed by atoms with Gasteiger partial charge in [0.25, 0.3) is 0 Å². The topological polar surface area (TPSA) is 85.8 Å². The lowest BCUT2D eigenvalue weighted by molar-refractivity contribution is -0.133. The normalized spacial score (nSPS) is 14.6. The molecule has 1 fully saturated rings. The Morgan fingerprint density at radius 1 is 1.48 bits per heavy atom. The zero-order valence-corrected chi connectivity index (χ0v) is 12.8. The highest BCUT2D eigenvalue weighted by molar-refractivity contribution is 7.99. The Hall–Kier alpha value is -1.83. The Balaban J connectivity index is 1.88. The van der Waals surface area contributed by atoms with Gasteiger partial charge in [0.15, 0.2) is 5.16 Å². The standard InChI is InChI=1S/C13H17N5O2S/c1-8-10(5-14-17(8)2)6-18-12(9-3-4-9)15-16-13(18)21-7-11(19)20/h5,9H,3-4,6-7H2,1-2H3,(H,19,20). The molecule has 1 N–H and O–H groups in total. The molecule has 1 saturated carbocycles. The zero-order chi connectivity index (χ0) is 15.0. The number of aliphatic carboxylic acids is 1. The van der Waals surface area contributed by atoms with E-state index in [0.717, 1.165) is 29.9 Å². The second-order valence-corrected chi connectivity index (χ2v) is 6.20. The molecule has 0 radical (unpaired) electrons. The highest BCUT2D eigenvalue weighted by Crippen LogP contribution is 2.40. The van der Waals surface area contributed by atoms with E-state index in [-0.39, 0.29) is 5.75 Å². The molecular formula is C13H17N5O2S. The molecule has 0 bridgehead atoms. The zero-order valence-electron chi connectivity index (χ0n) is 12.0. The first-order chi connectivity index (χ1) is 10.1. The van der Waals surface area contributed by atoms with Gasteiger partial charge in [-0.05, 0) is 19.8 Å². The summed E-state index contributed by atoms with van der Waals surface area (Å²) in [5.41, 5.74) is 2.20. The van der Waals surface area contributed by atoms with Crippen LogP contribution in [0.3, 0.4) is 0 Å². The molecule has 112 valence electrons. The fraction of sp³-hybridized carbons (Fsp3) is 0.538. The van der Waals surface area contributed by atoms with E-state index in [1.165, 1.54) is 11.8 Å². The average molecular weight is 307 g/mol. The molecule has 1 aliphatic carbocycles. The molecule has 21 heavy (non-hydrogen) atoms. The predicted molar refractivity (Wildman–Crippen MR) is 77.4 cm³/mol. The van der Waals surface area contributed by atoms with Crippen molar-refractivity contribution in [3.63, 3.8) is 0 Å². The lowest BCUT2D eigenvalue weighted by Gasteiger charge is -2.09. The third-order valence-electron chi connectivity index (χ3n) is 3.68. The fourth-order valence-corrected chi connectivity index (χ4v) is 2.86. The van der Waals surface area contributed by atoms with E-state index >= 15 is 0 Å². The van der Waals surface area contributed by atoms with Gasteiger partial charge >= 0.3 is 5.97 Å². The van der Waals surface area contributed by atoms with Gasteiger partial charge in [-0.25, -0.2) is 0 Å². The van der Waals surface area contributed by atoms with Crippen LogP contribution in [-0.2, 0) is 18.4 Å². The highest BCUT2D eigenvalue weighted by atomic mass is 32.2. The number of nitrogens with zero attached hydrogens (tertiary/aromatic N) is 5. The Morgan fingerprint density at radius 2 is 2.24 bits per heavy atom. The van der Waals surface area contributed by atoms with Crippen molar-refractivity contribution in [2.24, 2.45) is 7.05 Å². The first-order valence-corrected chi connectivity index (χ1v) is 7.80. The minimum Gasteiger partial charge on any atom is -0.481 e. The monoisotopic (exact) mass is 307 g/mol. The molecule has 0 atom stereocenters. The van der Waals surface area contributed by atoms with E-state index in [1.54, 1.807) is 0 Å². The number of carbonyl (C=O) groups is 1. The highest BCUT2D eigenvalue weighted by Gasteiger charge is 2.30. The molecule has 0 unspecified atom stereocenters. The van der Waals surface area contributed by atoms with E-state index in [2.05, 4.69) is 15.3 Å². The van der Waals surface area contributed by atoms with Crippen LogP contribution in [0.25, 0.3) is 0 Å². The van der Waals surface area contributed by atoms with Gasteiger partial charge in [0.2, 0.25) is 0 Å². The number of rotatable bonds is 6. The quantitative estimate of drug-likeness (QED) is 0.812. The molecule has 0 amide bonds. The summed E-state index contributed by atoms with van der Waals surface area (Å²) in [6.07, 6.45) is 4.11. The number of hydrogen-bond acceptors (Lipinski definition) is 5. The molecule has 0 spiro atoms. The molecular weight excluding hydrogens is 290 g/mol. The molecule has 2 aromatic heterocycles. The number of thioether (sulfide) groups is 1. The van der Waals surface area contributed by atoms with Gasteiger partial charge in [-0.15, -0.1) is 10.2 Å². The molecule has 7 nitrogen and oxygen atoms in total. The first kappa shape index (κ1) is 14.1. The second-order valence-electron chi connectivity index (χ2n) is 5.26. The maximum absolute atomic E-state index is 10.8. The van der Waals surface area contributed by atoms with Gasteiger partial charge in [-0.2, -0.15) is 5.10 Å². The maximum atomic E-state index is 10.8. The van der Waals surface area contributed by atoms with Crippen molar-refractivity contribution in [2.45, 2.75) is 37.4 Å². The summed E-state index contributed by atoms with van der Waals surface area (Å²) in [5, 5.41) is 22.2. The van der Waals surface area contributed by atoms with Gasteiger partial charge in [0.1, 0.15) is 5.82 Å².